The van der Waals surface area contributed by atoms with Crippen molar-refractivity contribution in [3.8, 4) is 11.5 Å². The number of anilines is 2. The van der Waals surface area contributed by atoms with Crippen LogP contribution in [0.1, 0.15) is 35.4 Å². The van der Waals surface area contributed by atoms with Gasteiger partial charge < -0.3 is 9.84 Å². The Morgan fingerprint density at radius 2 is 1.43 bits per heavy atom. The fraction of sp³-hybridized carbons (Fsp3) is 0.314. The molecule has 18 heteroatoms. The third-order valence-corrected chi connectivity index (χ3v) is 12.3. The number of phenolic OH excluding ortho intramolecular Hbond substituents is 1. The number of rotatable bonds is 4. The van der Waals surface area contributed by atoms with Gasteiger partial charge in [0.2, 0.25) is 11.8 Å². The number of imide groups is 2. The third kappa shape index (κ3) is 5.37. The third-order valence-electron chi connectivity index (χ3n) is 10.3. The molecule has 2 aliphatic heterocycles. The van der Waals surface area contributed by atoms with Crippen LogP contribution in [0.15, 0.2) is 70.7 Å². The van der Waals surface area contributed by atoms with Crippen molar-refractivity contribution in [2.75, 3.05) is 16.9 Å². The Balaban J connectivity index is 1.40. The van der Waals surface area contributed by atoms with Crippen molar-refractivity contribution in [3.63, 3.8) is 0 Å². The van der Waals surface area contributed by atoms with E-state index in [1.165, 1.54) is 25.3 Å². The van der Waals surface area contributed by atoms with Crippen LogP contribution in [-0.4, -0.2) is 45.6 Å². The van der Waals surface area contributed by atoms with E-state index in [9.17, 15) is 55.0 Å². The van der Waals surface area contributed by atoms with Gasteiger partial charge in [-0.3, -0.25) is 19.2 Å². The molecule has 4 amide bonds. The Hall–Kier alpha value is -4.15. The van der Waals surface area contributed by atoms with E-state index in [1.807, 2.05) is 0 Å². The second kappa shape index (κ2) is 12.2. The van der Waals surface area contributed by atoms with Gasteiger partial charge in [-0.15, -0.1) is 23.2 Å². The molecule has 7 rings (SSSR count). The minimum absolute atomic E-state index is 0.0548. The first-order chi connectivity index (χ1) is 24.6. The van der Waals surface area contributed by atoms with Crippen LogP contribution in [0.4, 0.5) is 42.1 Å². The molecule has 3 aromatic rings. The first-order valence-corrected chi connectivity index (χ1v) is 17.2. The number of ether oxygens (including phenoxy) is 1. The maximum Gasteiger partial charge on any atom is 0.416 e. The van der Waals surface area contributed by atoms with Gasteiger partial charge in [0.25, 0.3) is 11.8 Å². The fourth-order valence-electron chi connectivity index (χ4n) is 8.01. The molecule has 2 saturated heterocycles. The molecule has 0 unspecified atom stereocenters. The molecule has 0 bridgehead atoms. The average molecular weight is 850 g/mol. The summed E-state index contributed by atoms with van der Waals surface area (Å²) >= 11 is 17.8. The number of nitrogens with zero attached hydrogens (tertiary/aromatic N) is 2. The highest BCUT2D eigenvalue weighted by Crippen LogP contribution is 2.66. The van der Waals surface area contributed by atoms with Crippen molar-refractivity contribution in [2.45, 2.75) is 40.9 Å². The van der Waals surface area contributed by atoms with Gasteiger partial charge >= 0.3 is 12.4 Å². The van der Waals surface area contributed by atoms with Crippen LogP contribution in [0.5, 0.6) is 11.5 Å². The van der Waals surface area contributed by atoms with Crippen LogP contribution < -0.4 is 14.5 Å². The van der Waals surface area contributed by atoms with E-state index in [1.54, 1.807) is 0 Å². The lowest BCUT2D eigenvalue weighted by molar-refractivity contribution is -0.143. The number of alkyl halides is 8. The summed E-state index contributed by atoms with van der Waals surface area (Å²) in [5, 5.41) is 10.6. The zero-order chi connectivity index (χ0) is 38.7. The molecule has 4 aliphatic rings. The fourth-order valence-corrected chi connectivity index (χ4v) is 9.41. The number of carbonyl (C=O) groups is 4. The summed E-state index contributed by atoms with van der Waals surface area (Å²) < 4.78 is 102. The van der Waals surface area contributed by atoms with Gasteiger partial charge in [-0.25, -0.2) is 14.2 Å². The topological polar surface area (TPSA) is 104 Å². The lowest BCUT2D eigenvalue weighted by atomic mass is 9.56. The minimum Gasteiger partial charge on any atom is -0.503 e. The van der Waals surface area contributed by atoms with E-state index in [0.29, 0.717) is 4.90 Å². The van der Waals surface area contributed by atoms with E-state index >= 15 is 0 Å². The predicted octanol–water partition coefficient (Wildman–Crippen LogP) is 8.11. The molecule has 278 valence electrons. The maximum atomic E-state index is 14.5. The molecular formula is C35H22BrCl2F7N2O6. The van der Waals surface area contributed by atoms with Gasteiger partial charge in [0.1, 0.15) is 5.82 Å². The maximum absolute atomic E-state index is 14.5. The number of hydrogen-bond acceptors (Lipinski definition) is 6. The molecule has 8 nitrogen and oxygen atoms in total. The molecule has 1 N–H and O–H groups in total. The van der Waals surface area contributed by atoms with Crippen molar-refractivity contribution in [2.24, 2.45) is 17.8 Å². The number of benzene rings is 3. The number of aromatic hydroxyl groups is 1. The number of allylic oxidation sites excluding steroid dienone is 2. The lowest BCUT2D eigenvalue weighted by Crippen LogP contribution is -2.60. The summed E-state index contributed by atoms with van der Waals surface area (Å²) in [5.41, 5.74) is -4.18. The van der Waals surface area contributed by atoms with Crippen LogP contribution in [0, 0.1) is 23.6 Å². The number of hydrogen-bond donors (Lipinski definition) is 1. The molecule has 3 aromatic carbocycles. The smallest absolute Gasteiger partial charge is 0.416 e. The van der Waals surface area contributed by atoms with Crippen LogP contribution in [-0.2, 0) is 31.5 Å². The number of methoxy groups -OCH3 is 1. The normalized spacial score (nSPS) is 28.5. The first kappa shape index (κ1) is 37.2. The van der Waals surface area contributed by atoms with Crippen LogP contribution >= 0.6 is 39.1 Å². The Labute approximate surface area is 313 Å². The molecule has 0 aromatic heterocycles. The molecular weight excluding hydrogens is 828 g/mol. The van der Waals surface area contributed by atoms with Crippen molar-refractivity contribution < 1.29 is 59.8 Å². The SMILES string of the molecule is COc1cc([C@H]2C3=CC[C@@H]4C(=O)N(c5cc(C(F)(F)F)cc(C(F)(F)F)c5)C(=O)[C@@H]4[C@@H]3C[C@@]3(Cl)C(=O)N(c4ccc(F)cc4)C(=O)[C@@]23Cl)cc(Br)c1O. The summed E-state index contributed by atoms with van der Waals surface area (Å²) in [6.45, 7) is 0. The largest absolute Gasteiger partial charge is 0.503 e. The molecule has 6 atom stereocenters. The highest BCUT2D eigenvalue weighted by atomic mass is 79.9. The van der Waals surface area contributed by atoms with Crippen LogP contribution in [0.2, 0.25) is 0 Å². The number of phenols is 1. The molecule has 3 fully saturated rings. The highest BCUT2D eigenvalue weighted by Gasteiger charge is 2.76. The van der Waals surface area contributed by atoms with Crippen molar-refractivity contribution in [1.29, 1.82) is 0 Å². The Bertz CT molecular complexity index is 2130. The summed E-state index contributed by atoms with van der Waals surface area (Å²) in [4.78, 5) is 53.2. The van der Waals surface area contributed by atoms with E-state index in [-0.39, 0.29) is 62.3 Å². The zero-order valence-corrected chi connectivity index (χ0v) is 29.8. The van der Waals surface area contributed by atoms with E-state index < -0.39 is 98.5 Å². The quantitative estimate of drug-likeness (QED) is 0.123. The Kier molecular flexibility index (Phi) is 8.55. The first-order valence-electron chi connectivity index (χ1n) is 15.6. The molecule has 53 heavy (non-hydrogen) atoms. The molecule has 1 saturated carbocycles. The summed E-state index contributed by atoms with van der Waals surface area (Å²) in [5.74, 6) is -10.9. The monoisotopic (exact) mass is 848 g/mol. The lowest BCUT2D eigenvalue weighted by Gasteiger charge is -2.50. The van der Waals surface area contributed by atoms with E-state index in [2.05, 4.69) is 15.9 Å². The Morgan fingerprint density at radius 3 is 2.00 bits per heavy atom. The van der Waals surface area contributed by atoms with Gasteiger partial charge in [-0.05, 0) is 94.9 Å². The number of fused-ring (bicyclic) bond motifs is 4. The predicted molar refractivity (Wildman–Crippen MR) is 178 cm³/mol. The summed E-state index contributed by atoms with van der Waals surface area (Å²) in [6, 6.07) is 7.35. The van der Waals surface area contributed by atoms with E-state index in [0.717, 1.165) is 24.3 Å². The Morgan fingerprint density at radius 1 is 0.830 bits per heavy atom. The van der Waals surface area contributed by atoms with Gasteiger partial charge in [0.05, 0.1) is 45.9 Å². The van der Waals surface area contributed by atoms with Crippen molar-refractivity contribution in [1.82, 2.24) is 0 Å². The van der Waals surface area contributed by atoms with E-state index in [4.69, 9.17) is 27.9 Å². The highest BCUT2D eigenvalue weighted by molar-refractivity contribution is 9.10. The molecule has 2 heterocycles. The summed E-state index contributed by atoms with van der Waals surface area (Å²) in [7, 11) is 1.23. The molecule has 2 aliphatic carbocycles. The molecule has 0 radical (unpaired) electrons. The summed E-state index contributed by atoms with van der Waals surface area (Å²) in [6.07, 6.45) is -9.91. The number of amides is 4. The minimum atomic E-state index is -5.28. The average Bonchev–Trinajstić information content (AvgIpc) is 3.43. The van der Waals surface area contributed by atoms with Gasteiger partial charge in [0.15, 0.2) is 21.2 Å². The number of halogens is 10. The van der Waals surface area contributed by atoms with Crippen molar-refractivity contribution >= 4 is 74.1 Å². The number of carbonyl (C=O) groups excluding carboxylic acids is 4. The molecule has 0 spiro atoms. The van der Waals surface area contributed by atoms with Crippen molar-refractivity contribution in [3.05, 3.63) is 93.2 Å². The van der Waals surface area contributed by atoms with Gasteiger partial charge in [-0.2, -0.15) is 26.3 Å². The second-order valence-electron chi connectivity index (χ2n) is 13.1. The van der Waals surface area contributed by atoms with Crippen LogP contribution in [0.25, 0.3) is 0 Å². The van der Waals surface area contributed by atoms with Crippen LogP contribution in [0.3, 0.4) is 0 Å². The van der Waals surface area contributed by atoms with Gasteiger partial charge in [0, 0.05) is 5.92 Å². The standard InChI is InChI=1S/C35H22BrCl2F7N2O6/c1-53-24-9-14(8-23(36)27(24)48)26-20-6-7-21-25(29(50)46(28(21)49)19-11-15(34(40,41)42)10-16(12-19)35(43,44)45)22(20)13-32(37)30(51)47(31(52)33(26,32)38)18-4-2-17(39)3-5-18/h2-6,8-12,21-22,25-26,48H,7,13H2,1H3/t21-,22+,25-,26-,32+,33-/m0/s1. The van der Waals surface area contributed by atoms with Gasteiger partial charge in [-0.1, -0.05) is 11.6 Å². The second-order valence-corrected chi connectivity index (χ2v) is 15.2. The zero-order valence-electron chi connectivity index (χ0n) is 26.7.